The van der Waals surface area contributed by atoms with Gasteiger partial charge in [-0.25, -0.2) is 0 Å². The van der Waals surface area contributed by atoms with E-state index in [1.165, 1.54) is 14.0 Å². The Morgan fingerprint density at radius 3 is 2.61 bits per heavy atom. The van der Waals surface area contributed by atoms with Crippen molar-refractivity contribution in [2.75, 3.05) is 12.4 Å². The summed E-state index contributed by atoms with van der Waals surface area (Å²) in [4.78, 5) is 35.4. The van der Waals surface area contributed by atoms with Crippen molar-refractivity contribution >= 4 is 34.3 Å². The number of carboxylic acids is 1. The van der Waals surface area contributed by atoms with Gasteiger partial charge in [0.2, 0.25) is 11.7 Å². The number of benzene rings is 2. The molecule has 0 aliphatic carbocycles. The number of carbonyl (C=O) groups is 3. The first-order valence-corrected chi connectivity index (χ1v) is 8.62. The van der Waals surface area contributed by atoms with Crippen LogP contribution < -0.4 is 10.1 Å². The molecule has 0 spiro atoms. The average molecular weight is 381 g/mol. The third kappa shape index (κ3) is 4.03. The Morgan fingerprint density at radius 2 is 1.93 bits per heavy atom. The van der Waals surface area contributed by atoms with Crippen molar-refractivity contribution in [2.24, 2.45) is 0 Å². The van der Waals surface area contributed by atoms with E-state index in [4.69, 9.17) is 14.3 Å². The van der Waals surface area contributed by atoms with Crippen LogP contribution in [0.3, 0.4) is 0 Å². The van der Waals surface area contributed by atoms with Gasteiger partial charge in [-0.2, -0.15) is 0 Å². The number of amides is 1. The van der Waals surface area contributed by atoms with Crippen molar-refractivity contribution in [3.63, 3.8) is 0 Å². The van der Waals surface area contributed by atoms with Gasteiger partial charge >= 0.3 is 5.97 Å². The van der Waals surface area contributed by atoms with E-state index in [0.717, 1.165) is 0 Å². The molecule has 7 nitrogen and oxygen atoms in total. The average Bonchev–Trinajstić information content (AvgIpc) is 3.03. The lowest BCUT2D eigenvalue weighted by Gasteiger charge is -2.04. The van der Waals surface area contributed by atoms with Gasteiger partial charge in [0.1, 0.15) is 11.3 Å². The molecular formula is C21H19NO6. The predicted molar refractivity (Wildman–Crippen MR) is 103 cm³/mol. The van der Waals surface area contributed by atoms with Crippen LogP contribution in [0.4, 0.5) is 5.69 Å². The number of carboxylic acid groups (broad SMARTS) is 1. The fourth-order valence-corrected chi connectivity index (χ4v) is 2.99. The Hall–Kier alpha value is -3.61. The van der Waals surface area contributed by atoms with Gasteiger partial charge in [-0.1, -0.05) is 12.1 Å². The van der Waals surface area contributed by atoms with Gasteiger partial charge in [0.25, 0.3) is 0 Å². The van der Waals surface area contributed by atoms with Crippen molar-refractivity contribution in [3.8, 4) is 5.75 Å². The number of aliphatic carboxylic acids is 1. The van der Waals surface area contributed by atoms with Gasteiger partial charge < -0.3 is 19.6 Å². The summed E-state index contributed by atoms with van der Waals surface area (Å²) < 4.78 is 11.0. The Morgan fingerprint density at radius 1 is 1.14 bits per heavy atom. The molecule has 7 heteroatoms. The Kier molecular flexibility index (Phi) is 5.44. The lowest BCUT2D eigenvalue weighted by atomic mass is 10.00. The minimum Gasteiger partial charge on any atom is -0.497 e. The minimum atomic E-state index is -0.969. The maximum atomic E-state index is 13.0. The molecule has 0 fully saturated rings. The molecule has 3 aromatic rings. The van der Waals surface area contributed by atoms with Crippen LogP contribution in [-0.2, 0) is 16.0 Å². The molecule has 28 heavy (non-hydrogen) atoms. The molecule has 0 saturated heterocycles. The fraction of sp³-hybridized carbons (Fsp3) is 0.190. The van der Waals surface area contributed by atoms with Gasteiger partial charge in [0, 0.05) is 41.6 Å². The summed E-state index contributed by atoms with van der Waals surface area (Å²) in [5.41, 5.74) is 1.83. The number of anilines is 1. The van der Waals surface area contributed by atoms with E-state index in [9.17, 15) is 14.4 Å². The van der Waals surface area contributed by atoms with Gasteiger partial charge in [-0.3, -0.25) is 14.4 Å². The minimum absolute atomic E-state index is 0.0875. The zero-order valence-corrected chi connectivity index (χ0v) is 15.4. The standard InChI is InChI=1S/C21H19NO6/c1-12(23)22-14-6-7-16-17(8-9-19(24)25)21(28-18(16)11-14)20(26)13-4-3-5-15(10-13)27-2/h3-7,10-11H,8-9H2,1-2H3,(H,22,23)(H,24,25). The highest BCUT2D eigenvalue weighted by Gasteiger charge is 2.23. The normalized spacial score (nSPS) is 10.6. The van der Waals surface area contributed by atoms with Crippen LogP contribution in [0.1, 0.15) is 35.0 Å². The summed E-state index contributed by atoms with van der Waals surface area (Å²) in [5.74, 6) is -0.947. The first-order chi connectivity index (χ1) is 13.4. The van der Waals surface area contributed by atoms with Gasteiger partial charge in [0.05, 0.1) is 7.11 Å². The Bertz CT molecular complexity index is 1070. The number of hydrogen-bond donors (Lipinski definition) is 2. The second-order valence-corrected chi connectivity index (χ2v) is 6.26. The molecule has 0 atom stereocenters. The SMILES string of the molecule is COc1cccc(C(=O)c2oc3cc(NC(C)=O)ccc3c2CCC(=O)O)c1. The van der Waals surface area contributed by atoms with E-state index in [-0.39, 0.29) is 30.3 Å². The largest absolute Gasteiger partial charge is 0.497 e. The van der Waals surface area contributed by atoms with Crippen molar-refractivity contribution in [3.05, 3.63) is 59.4 Å². The predicted octanol–water partition coefficient (Wildman–Crippen LogP) is 3.65. The molecule has 144 valence electrons. The van der Waals surface area contributed by atoms with Crippen molar-refractivity contribution in [1.29, 1.82) is 0 Å². The van der Waals surface area contributed by atoms with Gasteiger partial charge in [-0.05, 0) is 30.7 Å². The number of methoxy groups -OCH3 is 1. The van der Waals surface area contributed by atoms with E-state index in [1.54, 1.807) is 42.5 Å². The van der Waals surface area contributed by atoms with Crippen LogP contribution >= 0.6 is 0 Å². The number of rotatable bonds is 7. The number of nitrogens with one attached hydrogen (secondary N) is 1. The maximum absolute atomic E-state index is 13.0. The summed E-state index contributed by atoms with van der Waals surface area (Å²) >= 11 is 0. The number of carbonyl (C=O) groups excluding carboxylic acids is 2. The molecule has 0 radical (unpaired) electrons. The molecule has 0 aliphatic heterocycles. The number of hydrogen-bond acceptors (Lipinski definition) is 5. The van der Waals surface area contributed by atoms with Crippen LogP contribution in [0.15, 0.2) is 46.9 Å². The molecule has 0 bridgehead atoms. The zero-order chi connectivity index (χ0) is 20.3. The highest BCUT2D eigenvalue weighted by molar-refractivity contribution is 6.11. The number of ether oxygens (including phenoxy) is 1. The molecule has 1 amide bonds. The lowest BCUT2D eigenvalue weighted by Crippen LogP contribution is -2.06. The third-order valence-electron chi connectivity index (χ3n) is 4.24. The van der Waals surface area contributed by atoms with Crippen LogP contribution in [0.5, 0.6) is 5.75 Å². The van der Waals surface area contributed by atoms with Crippen LogP contribution in [0.2, 0.25) is 0 Å². The second kappa shape index (κ2) is 7.96. The second-order valence-electron chi connectivity index (χ2n) is 6.26. The number of ketones is 1. The molecule has 3 rings (SSSR count). The first kappa shape index (κ1) is 19.2. The third-order valence-corrected chi connectivity index (χ3v) is 4.24. The first-order valence-electron chi connectivity index (χ1n) is 8.62. The fourth-order valence-electron chi connectivity index (χ4n) is 2.99. The maximum Gasteiger partial charge on any atom is 0.303 e. The number of aryl methyl sites for hydroxylation is 1. The van der Waals surface area contributed by atoms with Gasteiger partial charge in [0.15, 0.2) is 5.76 Å². The summed E-state index contributed by atoms with van der Waals surface area (Å²) in [5, 5.41) is 12.4. The van der Waals surface area contributed by atoms with Crippen LogP contribution in [-0.4, -0.2) is 29.9 Å². The molecule has 2 N–H and O–H groups in total. The molecule has 0 saturated carbocycles. The summed E-state index contributed by atoms with van der Waals surface area (Å²) in [7, 11) is 1.51. The van der Waals surface area contributed by atoms with E-state index >= 15 is 0 Å². The summed E-state index contributed by atoms with van der Waals surface area (Å²) in [6.45, 7) is 1.39. The van der Waals surface area contributed by atoms with E-state index in [1.807, 2.05) is 0 Å². The molecule has 0 unspecified atom stereocenters. The molecular weight excluding hydrogens is 362 g/mol. The monoisotopic (exact) mass is 381 g/mol. The molecule has 2 aromatic carbocycles. The van der Waals surface area contributed by atoms with E-state index in [0.29, 0.717) is 33.5 Å². The molecule has 1 aromatic heterocycles. The number of fused-ring (bicyclic) bond motifs is 1. The zero-order valence-electron chi connectivity index (χ0n) is 15.4. The van der Waals surface area contributed by atoms with E-state index < -0.39 is 5.97 Å². The lowest BCUT2D eigenvalue weighted by molar-refractivity contribution is -0.137. The highest BCUT2D eigenvalue weighted by atomic mass is 16.5. The smallest absolute Gasteiger partial charge is 0.303 e. The Balaban J connectivity index is 2.09. The van der Waals surface area contributed by atoms with Crippen LogP contribution in [0, 0.1) is 0 Å². The van der Waals surface area contributed by atoms with Crippen molar-refractivity contribution < 1.29 is 28.6 Å². The molecule has 0 aliphatic rings. The summed E-state index contributed by atoms with van der Waals surface area (Å²) in [6.07, 6.45) is 0.00727. The number of furan rings is 1. The van der Waals surface area contributed by atoms with Gasteiger partial charge in [-0.15, -0.1) is 0 Å². The topological polar surface area (TPSA) is 106 Å². The Labute approximate surface area is 160 Å². The van der Waals surface area contributed by atoms with Crippen molar-refractivity contribution in [2.45, 2.75) is 19.8 Å². The van der Waals surface area contributed by atoms with Crippen LogP contribution in [0.25, 0.3) is 11.0 Å². The molecule has 1 heterocycles. The quantitative estimate of drug-likeness (QED) is 0.605. The highest BCUT2D eigenvalue weighted by Crippen LogP contribution is 2.31. The van der Waals surface area contributed by atoms with E-state index in [2.05, 4.69) is 5.32 Å². The summed E-state index contributed by atoms with van der Waals surface area (Å²) in [6, 6.07) is 11.7. The van der Waals surface area contributed by atoms with Crippen molar-refractivity contribution in [1.82, 2.24) is 0 Å².